The summed E-state index contributed by atoms with van der Waals surface area (Å²) in [5.41, 5.74) is 2.14. The Morgan fingerprint density at radius 2 is 1.87 bits per heavy atom. The van der Waals surface area contributed by atoms with E-state index in [1.165, 1.54) is 11.8 Å². The van der Waals surface area contributed by atoms with Gasteiger partial charge in [-0.15, -0.1) is 5.10 Å². The highest BCUT2D eigenvalue weighted by molar-refractivity contribution is 7.99. The first-order chi connectivity index (χ1) is 15.0. The van der Waals surface area contributed by atoms with E-state index in [9.17, 15) is 9.59 Å². The quantitative estimate of drug-likeness (QED) is 0.437. The second-order valence-corrected chi connectivity index (χ2v) is 7.46. The Morgan fingerprint density at radius 1 is 1.10 bits per heavy atom. The Labute approximate surface area is 183 Å². The lowest BCUT2D eigenvalue weighted by molar-refractivity contribution is -0.113. The van der Waals surface area contributed by atoms with Gasteiger partial charge in [-0.3, -0.25) is 14.7 Å². The highest BCUT2D eigenvalue weighted by atomic mass is 32.2. The van der Waals surface area contributed by atoms with Gasteiger partial charge in [-0.05, 0) is 48.9 Å². The summed E-state index contributed by atoms with van der Waals surface area (Å²) in [6.45, 7) is 2.12. The van der Waals surface area contributed by atoms with Crippen molar-refractivity contribution >= 4 is 29.3 Å². The largest absolute Gasteiger partial charge is 0.497 e. The third kappa shape index (κ3) is 6.22. The number of carbonyl (C=O) groups excluding carboxylic acids is 2. The molecule has 10 heteroatoms. The molecule has 0 atom stereocenters. The van der Waals surface area contributed by atoms with Crippen LogP contribution in [0.3, 0.4) is 0 Å². The highest BCUT2D eigenvalue weighted by Crippen LogP contribution is 2.25. The molecule has 3 N–H and O–H groups in total. The van der Waals surface area contributed by atoms with E-state index in [1.807, 2.05) is 19.1 Å². The van der Waals surface area contributed by atoms with Crippen LogP contribution in [0.1, 0.15) is 21.7 Å². The molecule has 0 saturated carbocycles. The van der Waals surface area contributed by atoms with Gasteiger partial charge in [0, 0.05) is 5.56 Å². The minimum Gasteiger partial charge on any atom is -0.497 e. The van der Waals surface area contributed by atoms with Crippen molar-refractivity contribution in [2.75, 3.05) is 25.3 Å². The van der Waals surface area contributed by atoms with Crippen molar-refractivity contribution in [2.45, 2.75) is 18.6 Å². The first kappa shape index (κ1) is 22.2. The van der Waals surface area contributed by atoms with E-state index in [1.54, 1.807) is 44.6 Å². The lowest BCUT2D eigenvalue weighted by atomic mass is 10.2. The molecule has 3 rings (SSSR count). The van der Waals surface area contributed by atoms with Crippen LogP contribution in [0, 0.1) is 6.92 Å². The fourth-order valence-electron chi connectivity index (χ4n) is 2.67. The molecule has 2 aromatic carbocycles. The van der Waals surface area contributed by atoms with Gasteiger partial charge in [-0.2, -0.15) is 0 Å². The van der Waals surface area contributed by atoms with Crippen LogP contribution in [-0.2, 0) is 11.3 Å². The van der Waals surface area contributed by atoms with Gasteiger partial charge < -0.3 is 20.1 Å². The molecule has 31 heavy (non-hydrogen) atoms. The summed E-state index contributed by atoms with van der Waals surface area (Å²) < 4.78 is 10.3. The number of methoxy groups -OCH3 is 2. The fourth-order valence-corrected chi connectivity index (χ4v) is 3.28. The standard InChI is InChI=1S/C21H23N5O4S/c1-13-4-9-17(30-3)16(10-13)23-19(27)12-31-21-24-18(25-26-21)11-22-20(28)14-5-7-15(29-2)8-6-14/h4-10H,11-12H2,1-3H3,(H,22,28)(H,23,27)(H,24,25,26). The molecule has 0 saturated heterocycles. The molecule has 2 amide bonds. The smallest absolute Gasteiger partial charge is 0.251 e. The van der Waals surface area contributed by atoms with Gasteiger partial charge in [0.1, 0.15) is 17.3 Å². The summed E-state index contributed by atoms with van der Waals surface area (Å²) in [5, 5.41) is 12.8. The van der Waals surface area contributed by atoms with E-state index >= 15 is 0 Å². The van der Waals surface area contributed by atoms with E-state index in [-0.39, 0.29) is 24.1 Å². The molecule has 0 unspecified atom stereocenters. The lowest BCUT2D eigenvalue weighted by Gasteiger charge is -2.10. The number of nitrogens with one attached hydrogen (secondary N) is 3. The maximum absolute atomic E-state index is 12.3. The lowest BCUT2D eigenvalue weighted by Crippen LogP contribution is -2.23. The number of carbonyl (C=O) groups is 2. The summed E-state index contributed by atoms with van der Waals surface area (Å²) in [6.07, 6.45) is 0. The number of thioether (sulfide) groups is 1. The number of ether oxygens (including phenoxy) is 2. The second-order valence-electron chi connectivity index (χ2n) is 6.52. The molecule has 162 valence electrons. The predicted molar refractivity (Wildman–Crippen MR) is 118 cm³/mol. The van der Waals surface area contributed by atoms with Gasteiger partial charge in [0.05, 0.1) is 32.2 Å². The van der Waals surface area contributed by atoms with E-state index in [2.05, 4.69) is 25.8 Å². The highest BCUT2D eigenvalue weighted by Gasteiger charge is 2.12. The molecule has 0 aliphatic rings. The SMILES string of the molecule is COc1ccc(C(=O)NCc2nc(SCC(=O)Nc3cc(C)ccc3OC)n[nH]2)cc1. The summed E-state index contributed by atoms with van der Waals surface area (Å²) in [6, 6.07) is 12.4. The zero-order valence-electron chi connectivity index (χ0n) is 17.4. The monoisotopic (exact) mass is 441 g/mol. The van der Waals surface area contributed by atoms with Crippen LogP contribution in [0.5, 0.6) is 11.5 Å². The second kappa shape index (κ2) is 10.5. The minimum absolute atomic E-state index is 0.132. The Balaban J connectivity index is 1.48. The molecular weight excluding hydrogens is 418 g/mol. The minimum atomic E-state index is -0.236. The Hall–Kier alpha value is -3.53. The number of aromatic nitrogens is 3. The zero-order valence-corrected chi connectivity index (χ0v) is 18.2. The number of aromatic amines is 1. The molecule has 3 aromatic rings. The molecule has 0 spiro atoms. The first-order valence-corrected chi connectivity index (χ1v) is 10.4. The average Bonchev–Trinajstić information content (AvgIpc) is 3.24. The molecule has 9 nitrogen and oxygen atoms in total. The number of rotatable bonds is 9. The van der Waals surface area contributed by atoms with Crippen LogP contribution >= 0.6 is 11.8 Å². The Morgan fingerprint density at radius 3 is 2.58 bits per heavy atom. The summed E-state index contributed by atoms with van der Waals surface area (Å²) in [4.78, 5) is 28.8. The van der Waals surface area contributed by atoms with Crippen LogP contribution in [0.4, 0.5) is 5.69 Å². The Kier molecular flexibility index (Phi) is 7.50. The van der Waals surface area contributed by atoms with Crippen molar-refractivity contribution in [1.82, 2.24) is 20.5 Å². The predicted octanol–water partition coefficient (Wildman–Crippen LogP) is 2.79. The van der Waals surface area contributed by atoms with Crippen LogP contribution in [0.15, 0.2) is 47.6 Å². The summed E-state index contributed by atoms with van der Waals surface area (Å²) in [5.74, 6) is 1.46. The van der Waals surface area contributed by atoms with Crippen LogP contribution in [0.2, 0.25) is 0 Å². The summed E-state index contributed by atoms with van der Waals surface area (Å²) >= 11 is 1.19. The van der Waals surface area contributed by atoms with Gasteiger partial charge in [0.2, 0.25) is 11.1 Å². The maximum atomic E-state index is 12.3. The van der Waals surface area contributed by atoms with Gasteiger partial charge in [-0.1, -0.05) is 17.8 Å². The molecule has 1 aromatic heterocycles. The number of aryl methyl sites for hydroxylation is 1. The third-order valence-electron chi connectivity index (χ3n) is 4.24. The average molecular weight is 442 g/mol. The van der Waals surface area contributed by atoms with E-state index in [0.29, 0.717) is 33.7 Å². The van der Waals surface area contributed by atoms with Crippen molar-refractivity contribution in [2.24, 2.45) is 0 Å². The molecule has 0 aliphatic heterocycles. The van der Waals surface area contributed by atoms with Gasteiger partial charge in [-0.25, -0.2) is 4.98 Å². The van der Waals surface area contributed by atoms with Crippen molar-refractivity contribution in [1.29, 1.82) is 0 Å². The first-order valence-electron chi connectivity index (χ1n) is 9.39. The molecule has 0 aliphatic carbocycles. The van der Waals surface area contributed by atoms with Crippen molar-refractivity contribution in [3.63, 3.8) is 0 Å². The van der Waals surface area contributed by atoms with Crippen molar-refractivity contribution < 1.29 is 19.1 Å². The van der Waals surface area contributed by atoms with Crippen LogP contribution in [0.25, 0.3) is 0 Å². The van der Waals surface area contributed by atoms with Crippen molar-refractivity contribution in [3.8, 4) is 11.5 Å². The number of H-pyrrole nitrogens is 1. The number of nitrogens with zero attached hydrogens (tertiary/aromatic N) is 2. The van der Waals surface area contributed by atoms with Gasteiger partial charge in [0.25, 0.3) is 5.91 Å². The van der Waals surface area contributed by atoms with Crippen molar-refractivity contribution in [3.05, 3.63) is 59.4 Å². The zero-order chi connectivity index (χ0) is 22.2. The maximum Gasteiger partial charge on any atom is 0.251 e. The van der Waals surface area contributed by atoms with E-state index < -0.39 is 0 Å². The number of benzene rings is 2. The normalized spacial score (nSPS) is 10.4. The number of anilines is 1. The molecule has 0 bridgehead atoms. The molecular formula is C21H23N5O4S. The van der Waals surface area contributed by atoms with Gasteiger partial charge in [0.15, 0.2) is 0 Å². The van der Waals surface area contributed by atoms with Crippen LogP contribution < -0.4 is 20.1 Å². The number of hydrogen-bond donors (Lipinski definition) is 3. The third-order valence-corrected chi connectivity index (χ3v) is 5.09. The van der Waals surface area contributed by atoms with E-state index in [0.717, 1.165) is 5.56 Å². The van der Waals surface area contributed by atoms with Crippen LogP contribution in [-0.4, -0.2) is 47.0 Å². The molecule has 0 radical (unpaired) electrons. The number of hydrogen-bond acceptors (Lipinski definition) is 7. The number of amides is 2. The Bertz CT molecular complexity index is 1050. The molecule has 0 fully saturated rings. The molecule has 1 heterocycles. The fraction of sp³-hybridized carbons (Fsp3) is 0.238. The summed E-state index contributed by atoms with van der Waals surface area (Å²) in [7, 11) is 3.12. The van der Waals surface area contributed by atoms with Gasteiger partial charge >= 0.3 is 0 Å². The van der Waals surface area contributed by atoms with E-state index in [4.69, 9.17) is 9.47 Å². The topological polar surface area (TPSA) is 118 Å².